The van der Waals surface area contributed by atoms with E-state index in [9.17, 15) is 4.79 Å². The number of rotatable bonds is 4. The summed E-state index contributed by atoms with van der Waals surface area (Å²) in [5, 5.41) is 5.45. The Morgan fingerprint density at radius 3 is 2.76 bits per heavy atom. The van der Waals surface area contributed by atoms with Crippen molar-refractivity contribution in [2.75, 3.05) is 19.0 Å². The minimum atomic E-state index is -0.271. The maximum absolute atomic E-state index is 11.6. The summed E-state index contributed by atoms with van der Waals surface area (Å²) in [7, 11) is 1.60. The lowest BCUT2D eigenvalue weighted by molar-refractivity contribution is 0.173. The van der Waals surface area contributed by atoms with Crippen molar-refractivity contribution in [3.8, 4) is 0 Å². The van der Waals surface area contributed by atoms with Gasteiger partial charge in [-0.2, -0.15) is 0 Å². The van der Waals surface area contributed by atoms with Crippen LogP contribution >= 0.6 is 0 Å². The summed E-state index contributed by atoms with van der Waals surface area (Å²) < 4.78 is 4.93. The molecule has 0 radical (unpaired) electrons. The minimum absolute atomic E-state index is 0.0362. The zero-order valence-corrected chi connectivity index (χ0v) is 10.7. The third-order valence-corrected chi connectivity index (χ3v) is 2.13. The summed E-state index contributed by atoms with van der Waals surface area (Å²) in [4.78, 5) is 15.8. The summed E-state index contributed by atoms with van der Waals surface area (Å²) in [6.45, 7) is 6.21. The van der Waals surface area contributed by atoms with Crippen molar-refractivity contribution in [3.05, 3.63) is 23.4 Å². The second-order valence-electron chi connectivity index (χ2n) is 4.13. The van der Waals surface area contributed by atoms with Crippen LogP contribution in [0, 0.1) is 13.8 Å². The van der Waals surface area contributed by atoms with Gasteiger partial charge in [-0.25, -0.2) is 9.78 Å². The van der Waals surface area contributed by atoms with E-state index in [-0.39, 0.29) is 12.1 Å². The van der Waals surface area contributed by atoms with Crippen LogP contribution in [-0.2, 0) is 4.74 Å². The molecule has 0 aliphatic carbocycles. The molecule has 1 unspecified atom stereocenters. The fraction of sp³-hybridized carbons (Fsp3) is 0.500. The highest BCUT2D eigenvalue weighted by atomic mass is 16.5. The van der Waals surface area contributed by atoms with Crippen molar-refractivity contribution in [2.24, 2.45) is 0 Å². The molecule has 1 atom stereocenters. The fourth-order valence-corrected chi connectivity index (χ4v) is 1.57. The molecule has 0 aliphatic heterocycles. The Balaban J connectivity index is 2.56. The van der Waals surface area contributed by atoms with E-state index < -0.39 is 0 Å². The van der Waals surface area contributed by atoms with Gasteiger partial charge in [-0.3, -0.25) is 5.32 Å². The number of hydrogen-bond donors (Lipinski definition) is 2. The molecule has 0 saturated heterocycles. The minimum Gasteiger partial charge on any atom is -0.383 e. The molecule has 1 aromatic heterocycles. The molecule has 0 fully saturated rings. The summed E-state index contributed by atoms with van der Waals surface area (Å²) in [5.41, 5.74) is 1.95. The first-order chi connectivity index (χ1) is 8.01. The van der Waals surface area contributed by atoms with Crippen LogP contribution in [0.4, 0.5) is 10.6 Å². The van der Waals surface area contributed by atoms with Gasteiger partial charge in [0.25, 0.3) is 0 Å². The van der Waals surface area contributed by atoms with Gasteiger partial charge in [-0.15, -0.1) is 0 Å². The van der Waals surface area contributed by atoms with E-state index in [1.165, 1.54) is 0 Å². The van der Waals surface area contributed by atoms with E-state index in [0.29, 0.717) is 12.4 Å². The lowest BCUT2D eigenvalue weighted by Gasteiger charge is -2.13. The molecule has 94 valence electrons. The van der Waals surface area contributed by atoms with Crippen molar-refractivity contribution in [1.29, 1.82) is 0 Å². The predicted molar refractivity (Wildman–Crippen MR) is 67.2 cm³/mol. The van der Waals surface area contributed by atoms with Gasteiger partial charge >= 0.3 is 6.03 Å². The maximum atomic E-state index is 11.6. The van der Waals surface area contributed by atoms with Crippen LogP contribution in [0.3, 0.4) is 0 Å². The Kier molecular flexibility index (Phi) is 4.90. The number of nitrogens with one attached hydrogen (secondary N) is 2. The highest BCUT2D eigenvalue weighted by molar-refractivity contribution is 5.88. The average Bonchev–Trinajstić information content (AvgIpc) is 2.14. The van der Waals surface area contributed by atoms with Crippen LogP contribution in [0.2, 0.25) is 0 Å². The van der Waals surface area contributed by atoms with Gasteiger partial charge in [-0.1, -0.05) is 0 Å². The summed E-state index contributed by atoms with van der Waals surface area (Å²) >= 11 is 0. The second kappa shape index (κ2) is 6.20. The molecule has 1 rings (SSSR count). The highest BCUT2D eigenvalue weighted by Gasteiger charge is 2.07. The molecule has 2 N–H and O–H groups in total. The van der Waals surface area contributed by atoms with Crippen LogP contribution in [0.5, 0.6) is 0 Å². The summed E-state index contributed by atoms with van der Waals surface area (Å²) in [5.74, 6) is 0.560. The van der Waals surface area contributed by atoms with Crippen molar-refractivity contribution < 1.29 is 9.53 Å². The molecular weight excluding hydrogens is 218 g/mol. The van der Waals surface area contributed by atoms with Crippen molar-refractivity contribution in [1.82, 2.24) is 10.3 Å². The molecule has 0 spiro atoms. The van der Waals surface area contributed by atoms with Gasteiger partial charge in [-0.05, 0) is 38.5 Å². The molecule has 1 heterocycles. The predicted octanol–water partition coefficient (Wildman–Crippen LogP) is 1.85. The van der Waals surface area contributed by atoms with Crippen LogP contribution in [0.1, 0.15) is 18.2 Å². The topological polar surface area (TPSA) is 63.2 Å². The number of aryl methyl sites for hydroxylation is 2. The van der Waals surface area contributed by atoms with Gasteiger partial charge in [0.05, 0.1) is 12.6 Å². The monoisotopic (exact) mass is 237 g/mol. The van der Waals surface area contributed by atoms with E-state index in [0.717, 1.165) is 11.3 Å². The quantitative estimate of drug-likeness (QED) is 0.840. The number of amides is 2. The number of carbonyl (C=O) groups excluding carboxylic acids is 1. The molecule has 0 aromatic carbocycles. The maximum Gasteiger partial charge on any atom is 0.320 e. The summed E-state index contributed by atoms with van der Waals surface area (Å²) in [6.07, 6.45) is 0. The zero-order valence-electron chi connectivity index (χ0n) is 10.7. The van der Waals surface area contributed by atoms with Gasteiger partial charge in [0.15, 0.2) is 0 Å². The number of hydrogen-bond acceptors (Lipinski definition) is 3. The van der Waals surface area contributed by atoms with Gasteiger partial charge in [0, 0.05) is 12.8 Å². The third kappa shape index (κ3) is 4.82. The lowest BCUT2D eigenvalue weighted by Crippen LogP contribution is -2.38. The molecular formula is C12H19N3O2. The van der Waals surface area contributed by atoms with Crippen LogP contribution < -0.4 is 10.6 Å². The zero-order chi connectivity index (χ0) is 12.8. The van der Waals surface area contributed by atoms with Gasteiger partial charge in [0.2, 0.25) is 0 Å². The van der Waals surface area contributed by atoms with Crippen molar-refractivity contribution >= 4 is 11.8 Å². The van der Waals surface area contributed by atoms with Crippen molar-refractivity contribution in [2.45, 2.75) is 26.8 Å². The highest BCUT2D eigenvalue weighted by Crippen LogP contribution is 2.08. The Morgan fingerprint density at radius 2 is 2.18 bits per heavy atom. The number of aromatic nitrogens is 1. The summed E-state index contributed by atoms with van der Waals surface area (Å²) in [6, 6.07) is 3.47. The molecule has 0 saturated carbocycles. The number of pyridine rings is 1. The Morgan fingerprint density at radius 1 is 1.47 bits per heavy atom. The van der Waals surface area contributed by atoms with E-state index in [1.807, 2.05) is 32.9 Å². The molecule has 1 aromatic rings. The van der Waals surface area contributed by atoms with Gasteiger partial charge in [0.1, 0.15) is 5.82 Å². The third-order valence-electron chi connectivity index (χ3n) is 2.13. The van der Waals surface area contributed by atoms with Gasteiger partial charge < -0.3 is 10.1 Å². The number of carbonyl (C=O) groups is 1. The van der Waals surface area contributed by atoms with Crippen LogP contribution in [0.25, 0.3) is 0 Å². The number of methoxy groups -OCH3 is 1. The first kappa shape index (κ1) is 13.4. The van der Waals surface area contributed by atoms with Crippen LogP contribution in [0.15, 0.2) is 12.1 Å². The lowest BCUT2D eigenvalue weighted by atomic mass is 10.2. The molecule has 0 bridgehead atoms. The number of ether oxygens (including phenoxy) is 1. The first-order valence-corrected chi connectivity index (χ1v) is 5.53. The van der Waals surface area contributed by atoms with Crippen LogP contribution in [-0.4, -0.2) is 30.8 Å². The fourth-order valence-electron chi connectivity index (χ4n) is 1.57. The largest absolute Gasteiger partial charge is 0.383 e. The number of nitrogens with zero attached hydrogens (tertiary/aromatic N) is 1. The molecule has 17 heavy (non-hydrogen) atoms. The SMILES string of the molecule is COCC(C)NC(=O)Nc1cc(C)cc(C)n1. The second-order valence-corrected chi connectivity index (χ2v) is 4.13. The Bertz CT molecular complexity index is 373. The molecule has 5 nitrogen and oxygen atoms in total. The van der Waals surface area contributed by atoms with E-state index in [2.05, 4.69) is 15.6 Å². The number of urea groups is 1. The Hall–Kier alpha value is -1.62. The average molecular weight is 237 g/mol. The Labute approximate surface area is 102 Å². The molecule has 0 aliphatic rings. The number of anilines is 1. The molecule has 5 heteroatoms. The van der Waals surface area contributed by atoms with E-state index in [1.54, 1.807) is 7.11 Å². The van der Waals surface area contributed by atoms with E-state index >= 15 is 0 Å². The smallest absolute Gasteiger partial charge is 0.320 e. The standard InChI is InChI=1S/C12H19N3O2/c1-8-5-9(2)13-11(6-8)15-12(16)14-10(3)7-17-4/h5-6,10H,7H2,1-4H3,(H2,13,14,15,16). The normalized spacial score (nSPS) is 12.0. The molecule has 2 amide bonds. The van der Waals surface area contributed by atoms with E-state index in [4.69, 9.17) is 4.74 Å². The first-order valence-electron chi connectivity index (χ1n) is 5.53. The van der Waals surface area contributed by atoms with Crippen molar-refractivity contribution in [3.63, 3.8) is 0 Å².